The Morgan fingerprint density at radius 1 is 0.469 bits per heavy atom. The smallest absolute Gasteiger partial charge is 0.167 e. The second-order valence-corrected chi connectivity index (χ2v) is 22.4. The fourth-order valence-electron chi connectivity index (χ4n) is 11.0. The van der Waals surface area contributed by atoms with Gasteiger partial charge < -0.3 is 14.5 Å². The summed E-state index contributed by atoms with van der Waals surface area (Å²) < 4.78 is 99.9. The molecular formula is C73H63N7O. The molecule has 8 nitrogen and oxygen atoms in total. The lowest BCUT2D eigenvalue weighted by Gasteiger charge is -2.30. The summed E-state index contributed by atoms with van der Waals surface area (Å²) >= 11 is 0. The van der Waals surface area contributed by atoms with Gasteiger partial charge in [0.2, 0.25) is 0 Å². The summed E-state index contributed by atoms with van der Waals surface area (Å²) in [7, 11) is 0. The molecule has 0 N–H and O–H groups in total. The Kier molecular flexibility index (Phi) is 10.1. The minimum absolute atomic E-state index is 0.0428. The molecule has 1 aliphatic heterocycles. The standard InChI is InChI=1S/C73H63N7O/c1-71(2,3)53-43-57(49-27-12-8-13-28-49)67(58(44-53)50-29-14-9-15-30-50)79-48-78(62-39-22-23-40-63(62)79)54-35-26-36-55(45-54)81-65-47-64-59(56-37-20-21-38-61(56)80(64)66-41-24-25-42-74-66)46-60(65)68-75-69(72(4,5)51-31-16-10-17-32-51)77-70(76-68)73(6,7)52-33-18-11-19-34-52/h8-47H,48H2,1-7H3/i8D,9D,12D,13D,14D,15D,27D,28D,29D,30D. The second-order valence-electron chi connectivity index (χ2n) is 22.4. The molecule has 81 heavy (non-hydrogen) atoms. The molecule has 0 bridgehead atoms. The molecule has 0 aliphatic carbocycles. The SMILES string of the molecule is [2H]c1c([2H])c([2H])c(-c2cc(C(C)(C)C)cc(-c3c([2H])c([2H])c([2H])c([2H])c3[2H])c2N2CN(c3cccc(Oc4cc5c(cc4-c4nc(C(C)(C)c6ccccc6)nc(C(C)(C)c6ccccc6)n4)c4ccccc4n5-c4ccccn4)c3)c3ccccc32)c([2H])c1[2H]. The van der Waals surface area contributed by atoms with Crippen LogP contribution >= 0.6 is 0 Å². The number of pyridine rings is 1. The first-order valence-electron chi connectivity index (χ1n) is 32.1. The Morgan fingerprint density at radius 2 is 1.04 bits per heavy atom. The van der Waals surface area contributed by atoms with Crippen LogP contribution in [0, 0.1) is 0 Å². The van der Waals surface area contributed by atoms with E-state index < -0.39 is 76.7 Å². The van der Waals surface area contributed by atoms with Crippen LogP contribution in [0.1, 0.15) is 90.5 Å². The van der Waals surface area contributed by atoms with E-state index in [0.29, 0.717) is 63.0 Å². The Morgan fingerprint density at radius 3 is 1.63 bits per heavy atom. The number of para-hydroxylation sites is 3. The highest BCUT2D eigenvalue weighted by Crippen LogP contribution is 2.52. The normalized spacial score (nSPS) is 14.5. The molecular weight excluding hydrogens is 991 g/mol. The van der Waals surface area contributed by atoms with Crippen molar-refractivity contribution in [1.82, 2.24) is 24.5 Å². The van der Waals surface area contributed by atoms with Gasteiger partial charge in [0.15, 0.2) is 5.82 Å². The fourth-order valence-corrected chi connectivity index (χ4v) is 11.0. The molecule has 4 heterocycles. The highest BCUT2D eigenvalue weighted by atomic mass is 16.5. The van der Waals surface area contributed by atoms with Gasteiger partial charge in [0, 0.05) is 56.7 Å². The number of rotatable bonds is 12. The maximum Gasteiger partial charge on any atom is 0.167 e. The number of hydrogen-bond acceptors (Lipinski definition) is 7. The Labute approximate surface area is 488 Å². The van der Waals surface area contributed by atoms with Gasteiger partial charge in [-0.1, -0.05) is 184 Å². The lowest BCUT2D eigenvalue weighted by Crippen LogP contribution is -2.29. The first kappa shape index (κ1) is 40.5. The summed E-state index contributed by atoms with van der Waals surface area (Å²) in [6.07, 6.45) is 1.77. The summed E-state index contributed by atoms with van der Waals surface area (Å²) in [4.78, 5) is 25.1. The molecule has 0 unspecified atom stereocenters. The van der Waals surface area contributed by atoms with Gasteiger partial charge in [-0.15, -0.1) is 0 Å². The zero-order valence-electron chi connectivity index (χ0n) is 56.1. The molecule has 8 heteroatoms. The topological polar surface area (TPSA) is 72.2 Å². The van der Waals surface area contributed by atoms with Crippen LogP contribution in [0.4, 0.5) is 22.7 Å². The van der Waals surface area contributed by atoms with Crippen molar-refractivity contribution < 1.29 is 18.4 Å². The van der Waals surface area contributed by atoms with E-state index in [1.54, 1.807) is 18.3 Å². The van der Waals surface area contributed by atoms with Crippen molar-refractivity contribution in [3.8, 4) is 51.0 Å². The van der Waals surface area contributed by atoms with Crippen LogP contribution in [-0.4, -0.2) is 31.2 Å². The first-order valence-corrected chi connectivity index (χ1v) is 27.1. The average Bonchev–Trinajstić information content (AvgIpc) is 1.72. The quantitative estimate of drug-likeness (QED) is 0.121. The molecule has 0 radical (unpaired) electrons. The van der Waals surface area contributed by atoms with E-state index in [1.165, 1.54) is 0 Å². The average molecular weight is 1060 g/mol. The molecule has 3 aromatic heterocycles. The summed E-state index contributed by atoms with van der Waals surface area (Å²) in [6, 6.07) is 52.3. The molecule has 0 saturated heterocycles. The van der Waals surface area contributed by atoms with Crippen LogP contribution in [0.2, 0.25) is 0 Å². The zero-order chi connectivity index (χ0) is 64.2. The summed E-state index contributed by atoms with van der Waals surface area (Å²) in [5.74, 6) is 3.15. The first-order chi connectivity index (χ1) is 43.4. The Hall–Kier alpha value is -9.66. The van der Waals surface area contributed by atoms with Gasteiger partial charge in [-0.25, -0.2) is 19.9 Å². The zero-order valence-corrected chi connectivity index (χ0v) is 46.1. The Bertz CT molecular complexity index is 4680. The van der Waals surface area contributed by atoms with Crippen LogP contribution in [-0.2, 0) is 16.2 Å². The summed E-state index contributed by atoms with van der Waals surface area (Å²) in [5.41, 5.74) is 5.55. The van der Waals surface area contributed by atoms with E-state index in [0.717, 1.165) is 32.9 Å². The maximum atomic E-state index is 9.41. The van der Waals surface area contributed by atoms with Gasteiger partial charge in [-0.05, 0) is 122 Å². The van der Waals surface area contributed by atoms with Crippen LogP contribution < -0.4 is 14.5 Å². The van der Waals surface area contributed by atoms with Crippen molar-refractivity contribution in [3.63, 3.8) is 0 Å². The minimum atomic E-state index is -0.686. The maximum absolute atomic E-state index is 9.41. The van der Waals surface area contributed by atoms with Crippen molar-refractivity contribution in [2.24, 2.45) is 0 Å². The molecule has 0 spiro atoms. The van der Waals surface area contributed by atoms with Crippen LogP contribution in [0.15, 0.2) is 243 Å². The molecule has 0 fully saturated rings. The number of anilines is 4. The van der Waals surface area contributed by atoms with Crippen LogP contribution in [0.25, 0.3) is 61.3 Å². The van der Waals surface area contributed by atoms with E-state index in [2.05, 4.69) is 79.6 Å². The van der Waals surface area contributed by atoms with Crippen molar-refractivity contribution in [2.75, 3.05) is 16.5 Å². The van der Waals surface area contributed by atoms with Crippen molar-refractivity contribution in [3.05, 3.63) is 271 Å². The van der Waals surface area contributed by atoms with E-state index in [4.69, 9.17) is 32.9 Å². The van der Waals surface area contributed by atoms with Crippen molar-refractivity contribution in [2.45, 2.75) is 64.7 Å². The third-order valence-corrected chi connectivity index (χ3v) is 15.5. The number of fused-ring (bicyclic) bond motifs is 4. The third kappa shape index (κ3) is 9.26. The van der Waals surface area contributed by atoms with Gasteiger partial charge in [0.25, 0.3) is 0 Å². The fraction of sp³-hybridized carbons (Fsp3) is 0.151. The van der Waals surface area contributed by atoms with Gasteiger partial charge in [0.05, 0.1) is 47.4 Å². The second kappa shape index (κ2) is 20.2. The van der Waals surface area contributed by atoms with Crippen molar-refractivity contribution >= 4 is 44.6 Å². The largest absolute Gasteiger partial charge is 0.456 e. The molecule has 12 aromatic rings. The predicted molar refractivity (Wildman–Crippen MR) is 333 cm³/mol. The highest BCUT2D eigenvalue weighted by molar-refractivity contribution is 6.11. The van der Waals surface area contributed by atoms with Gasteiger partial charge >= 0.3 is 0 Å². The molecule has 0 saturated carbocycles. The third-order valence-electron chi connectivity index (χ3n) is 15.5. The number of hydrogen-bond donors (Lipinski definition) is 0. The van der Waals surface area contributed by atoms with Gasteiger partial charge in [0.1, 0.15) is 35.6 Å². The number of benzene rings is 9. The van der Waals surface area contributed by atoms with Gasteiger partial charge in [-0.2, -0.15) is 0 Å². The van der Waals surface area contributed by atoms with Crippen molar-refractivity contribution in [1.29, 1.82) is 0 Å². The predicted octanol–water partition coefficient (Wildman–Crippen LogP) is 18.4. The molecule has 0 atom stereocenters. The summed E-state index contributed by atoms with van der Waals surface area (Å²) in [5, 5.41) is 1.90. The van der Waals surface area contributed by atoms with Crippen LogP contribution in [0.5, 0.6) is 11.5 Å². The van der Waals surface area contributed by atoms with E-state index in [-0.39, 0.29) is 34.6 Å². The highest BCUT2D eigenvalue weighted by Gasteiger charge is 2.36. The number of ether oxygens (including phenoxy) is 1. The van der Waals surface area contributed by atoms with E-state index in [9.17, 15) is 5.48 Å². The number of aromatic nitrogens is 5. The van der Waals surface area contributed by atoms with Crippen LogP contribution in [0.3, 0.4) is 0 Å². The minimum Gasteiger partial charge on any atom is -0.456 e. The lowest BCUT2D eigenvalue weighted by atomic mass is 9.82. The lowest BCUT2D eigenvalue weighted by molar-refractivity contribution is 0.484. The molecule has 9 aromatic carbocycles. The molecule has 1 aliphatic rings. The van der Waals surface area contributed by atoms with Gasteiger partial charge in [-0.3, -0.25) is 4.57 Å². The summed E-state index contributed by atoms with van der Waals surface area (Å²) in [6.45, 7) is 14.4. The van der Waals surface area contributed by atoms with E-state index >= 15 is 0 Å². The molecule has 0 amide bonds. The number of nitrogens with zero attached hydrogens (tertiary/aromatic N) is 7. The molecule has 396 valence electrons. The monoisotopic (exact) mass is 1060 g/mol. The molecule has 13 rings (SSSR count). The van der Waals surface area contributed by atoms with E-state index in [1.807, 2.05) is 147 Å². The Balaban J connectivity index is 1.02.